The first kappa shape index (κ1) is 14.8. The van der Waals surface area contributed by atoms with Crippen LogP contribution in [0.15, 0.2) is 6.20 Å². The molecule has 20 heavy (non-hydrogen) atoms. The molecule has 0 spiro atoms. The second-order valence-electron chi connectivity index (χ2n) is 5.92. The Morgan fingerprint density at radius 1 is 1.30 bits per heavy atom. The zero-order valence-electron chi connectivity index (χ0n) is 12.6. The topological polar surface area (TPSA) is 61.3 Å². The van der Waals surface area contributed by atoms with Gasteiger partial charge in [-0.1, -0.05) is 26.7 Å². The van der Waals surface area contributed by atoms with Crippen molar-refractivity contribution in [1.29, 1.82) is 0 Å². The van der Waals surface area contributed by atoms with Gasteiger partial charge < -0.3 is 9.47 Å². The molecule has 110 valence electrons. The molecular formula is C15H22N2O3. The average molecular weight is 278 g/mol. The highest BCUT2D eigenvalue weighted by atomic mass is 16.5. The van der Waals surface area contributed by atoms with E-state index < -0.39 is 0 Å². The molecule has 1 fully saturated rings. The van der Waals surface area contributed by atoms with Gasteiger partial charge >= 0.3 is 0 Å². The van der Waals surface area contributed by atoms with Crippen LogP contribution in [-0.4, -0.2) is 30.0 Å². The van der Waals surface area contributed by atoms with Crippen LogP contribution in [0.1, 0.15) is 50.0 Å². The molecule has 1 aliphatic carbocycles. The van der Waals surface area contributed by atoms with E-state index in [-0.39, 0.29) is 23.0 Å². The van der Waals surface area contributed by atoms with Gasteiger partial charge in [0.25, 0.3) is 0 Å². The number of hydrogen-bond acceptors (Lipinski definition) is 5. The normalized spacial score (nSPS) is 21.3. The van der Waals surface area contributed by atoms with E-state index in [1.807, 2.05) is 0 Å². The third-order valence-electron chi connectivity index (χ3n) is 4.18. The van der Waals surface area contributed by atoms with Gasteiger partial charge in [-0.15, -0.1) is 0 Å². The van der Waals surface area contributed by atoms with E-state index in [0.717, 1.165) is 19.3 Å². The van der Waals surface area contributed by atoms with Gasteiger partial charge in [-0.3, -0.25) is 4.79 Å². The van der Waals surface area contributed by atoms with E-state index >= 15 is 0 Å². The van der Waals surface area contributed by atoms with Crippen LogP contribution in [0.5, 0.6) is 11.8 Å². The molecule has 1 heterocycles. The van der Waals surface area contributed by atoms with Crippen molar-refractivity contribution in [2.75, 3.05) is 14.2 Å². The standard InChI is InChI=1S/C15H22N2O3/c1-15(2)8-6-5-7-10(15)13(18)12-14(20-4)17-11(19-3)9-16-12/h9-10H,5-8H2,1-4H3. The highest BCUT2D eigenvalue weighted by molar-refractivity contribution is 5.98. The molecule has 1 aromatic rings. The van der Waals surface area contributed by atoms with Crippen molar-refractivity contribution in [3.63, 3.8) is 0 Å². The van der Waals surface area contributed by atoms with Crippen molar-refractivity contribution in [3.05, 3.63) is 11.9 Å². The van der Waals surface area contributed by atoms with E-state index in [1.165, 1.54) is 26.8 Å². The number of ketones is 1. The maximum absolute atomic E-state index is 12.8. The molecule has 0 radical (unpaired) electrons. The summed E-state index contributed by atoms with van der Waals surface area (Å²) in [6.45, 7) is 4.30. The van der Waals surface area contributed by atoms with Gasteiger partial charge in [-0.2, -0.15) is 4.98 Å². The molecule has 1 unspecified atom stereocenters. The van der Waals surface area contributed by atoms with Crippen LogP contribution in [0.25, 0.3) is 0 Å². The van der Waals surface area contributed by atoms with Gasteiger partial charge in [0, 0.05) is 5.92 Å². The second kappa shape index (κ2) is 5.77. The molecule has 0 saturated heterocycles. The molecule has 0 aromatic carbocycles. The molecule has 2 rings (SSSR count). The van der Waals surface area contributed by atoms with Crippen molar-refractivity contribution in [3.8, 4) is 11.8 Å². The Balaban J connectivity index is 2.33. The molecular weight excluding hydrogens is 256 g/mol. The first-order chi connectivity index (χ1) is 9.49. The molecule has 0 amide bonds. The molecule has 0 bridgehead atoms. The van der Waals surface area contributed by atoms with E-state index in [1.54, 1.807) is 0 Å². The van der Waals surface area contributed by atoms with Crippen LogP contribution in [0, 0.1) is 11.3 Å². The Kier molecular flexibility index (Phi) is 4.26. The van der Waals surface area contributed by atoms with Gasteiger partial charge in [0.05, 0.1) is 20.4 Å². The van der Waals surface area contributed by atoms with Crippen molar-refractivity contribution in [1.82, 2.24) is 9.97 Å². The lowest BCUT2D eigenvalue weighted by atomic mass is 9.67. The highest BCUT2D eigenvalue weighted by Gasteiger charge is 2.39. The third-order valence-corrected chi connectivity index (χ3v) is 4.18. The Bertz CT molecular complexity index is 500. The lowest BCUT2D eigenvalue weighted by Gasteiger charge is -2.37. The third kappa shape index (κ3) is 2.76. The van der Waals surface area contributed by atoms with Gasteiger partial charge in [0.1, 0.15) is 0 Å². The fourth-order valence-electron chi connectivity index (χ4n) is 2.91. The Hall–Kier alpha value is -1.65. The number of methoxy groups -OCH3 is 2. The molecule has 5 nitrogen and oxygen atoms in total. The quantitative estimate of drug-likeness (QED) is 0.792. The van der Waals surface area contributed by atoms with Crippen LogP contribution in [0.3, 0.4) is 0 Å². The minimum atomic E-state index is -0.0205. The van der Waals surface area contributed by atoms with E-state index in [9.17, 15) is 4.79 Å². The summed E-state index contributed by atoms with van der Waals surface area (Å²) >= 11 is 0. The number of aromatic nitrogens is 2. The summed E-state index contributed by atoms with van der Waals surface area (Å²) in [5.41, 5.74) is 0.315. The minimum Gasteiger partial charge on any atom is -0.480 e. The number of rotatable bonds is 4. The van der Waals surface area contributed by atoms with Crippen molar-refractivity contribution in [2.45, 2.75) is 39.5 Å². The number of ether oxygens (including phenoxy) is 2. The summed E-state index contributed by atoms with van der Waals surface area (Å²) in [6, 6.07) is 0. The first-order valence-electron chi connectivity index (χ1n) is 6.99. The first-order valence-corrected chi connectivity index (χ1v) is 6.99. The summed E-state index contributed by atoms with van der Waals surface area (Å²) in [5.74, 6) is 0.603. The SMILES string of the molecule is COc1cnc(C(=O)C2CCCCC2(C)C)c(OC)n1. The van der Waals surface area contributed by atoms with Crippen LogP contribution in [0.2, 0.25) is 0 Å². The van der Waals surface area contributed by atoms with Crippen LogP contribution in [0.4, 0.5) is 0 Å². The summed E-state index contributed by atoms with van der Waals surface area (Å²) in [7, 11) is 3.00. The predicted molar refractivity (Wildman–Crippen MR) is 75.2 cm³/mol. The van der Waals surface area contributed by atoms with E-state index in [0.29, 0.717) is 11.6 Å². The van der Waals surface area contributed by atoms with E-state index in [4.69, 9.17) is 9.47 Å². The number of hydrogen-bond donors (Lipinski definition) is 0. The second-order valence-corrected chi connectivity index (χ2v) is 5.92. The fourth-order valence-corrected chi connectivity index (χ4v) is 2.91. The van der Waals surface area contributed by atoms with Crippen LogP contribution < -0.4 is 9.47 Å². The summed E-state index contributed by atoms with van der Waals surface area (Å²) in [5, 5.41) is 0. The summed E-state index contributed by atoms with van der Waals surface area (Å²) in [4.78, 5) is 21.1. The van der Waals surface area contributed by atoms with Crippen molar-refractivity contribution >= 4 is 5.78 Å². The zero-order chi connectivity index (χ0) is 14.8. The number of Topliss-reactive ketones (excluding diaryl/α,β-unsaturated/α-hetero) is 1. The minimum absolute atomic E-state index is 0.00194. The average Bonchev–Trinajstić information content (AvgIpc) is 2.45. The molecule has 1 saturated carbocycles. The van der Waals surface area contributed by atoms with Crippen LogP contribution >= 0.6 is 0 Å². The Morgan fingerprint density at radius 2 is 2.05 bits per heavy atom. The van der Waals surface area contributed by atoms with Crippen LogP contribution in [-0.2, 0) is 0 Å². The lowest BCUT2D eigenvalue weighted by Crippen LogP contribution is -2.34. The molecule has 0 aliphatic heterocycles. The molecule has 1 aliphatic rings. The Labute approximate surface area is 119 Å². The molecule has 0 N–H and O–H groups in total. The predicted octanol–water partition coefficient (Wildman–Crippen LogP) is 2.89. The fraction of sp³-hybridized carbons (Fsp3) is 0.667. The maximum Gasteiger partial charge on any atom is 0.246 e. The number of nitrogens with zero attached hydrogens (tertiary/aromatic N) is 2. The summed E-state index contributed by atoms with van der Waals surface area (Å²) in [6.07, 6.45) is 5.71. The van der Waals surface area contributed by atoms with Gasteiger partial charge in [-0.25, -0.2) is 4.98 Å². The Morgan fingerprint density at radius 3 is 2.65 bits per heavy atom. The molecule has 1 aromatic heterocycles. The highest BCUT2D eigenvalue weighted by Crippen LogP contribution is 2.42. The zero-order valence-corrected chi connectivity index (χ0v) is 12.6. The van der Waals surface area contributed by atoms with Gasteiger partial charge in [-0.05, 0) is 18.3 Å². The molecule has 1 atom stereocenters. The monoisotopic (exact) mass is 278 g/mol. The maximum atomic E-state index is 12.8. The number of carbonyl (C=O) groups excluding carboxylic acids is 1. The summed E-state index contributed by atoms with van der Waals surface area (Å²) < 4.78 is 10.2. The largest absolute Gasteiger partial charge is 0.480 e. The number of carbonyl (C=O) groups is 1. The smallest absolute Gasteiger partial charge is 0.246 e. The molecule has 5 heteroatoms. The van der Waals surface area contributed by atoms with Crippen molar-refractivity contribution in [2.24, 2.45) is 11.3 Å². The van der Waals surface area contributed by atoms with Gasteiger partial charge in [0.15, 0.2) is 11.5 Å². The van der Waals surface area contributed by atoms with Crippen molar-refractivity contribution < 1.29 is 14.3 Å². The lowest BCUT2D eigenvalue weighted by molar-refractivity contribution is 0.0687. The van der Waals surface area contributed by atoms with E-state index in [2.05, 4.69) is 23.8 Å². The van der Waals surface area contributed by atoms with Gasteiger partial charge in [0.2, 0.25) is 11.8 Å².